The van der Waals surface area contributed by atoms with E-state index >= 15 is 0 Å². The standard InChI is InChI=1S/C14H12FN3O2/c15-11-7-10(16)5-6-12(11)18-14(20)9-3-1-8(2-4-9)13(17)19/h1-7H,16H2,(H2,17,19)(H,18,20). The number of nitrogen functional groups attached to an aromatic ring is 1. The van der Waals surface area contributed by atoms with E-state index in [0.717, 1.165) is 6.07 Å². The maximum Gasteiger partial charge on any atom is 0.255 e. The van der Waals surface area contributed by atoms with Crippen LogP contribution in [-0.2, 0) is 0 Å². The topological polar surface area (TPSA) is 98.2 Å². The van der Waals surface area contributed by atoms with Gasteiger partial charge in [0.05, 0.1) is 5.69 Å². The Bertz CT molecular complexity index is 669. The molecule has 2 rings (SSSR count). The third-order valence-electron chi connectivity index (χ3n) is 2.67. The molecule has 0 radical (unpaired) electrons. The van der Waals surface area contributed by atoms with Crippen LogP contribution < -0.4 is 16.8 Å². The van der Waals surface area contributed by atoms with Crippen molar-refractivity contribution in [2.45, 2.75) is 0 Å². The van der Waals surface area contributed by atoms with Gasteiger partial charge in [-0.05, 0) is 42.5 Å². The molecule has 0 fully saturated rings. The molecule has 0 saturated carbocycles. The summed E-state index contributed by atoms with van der Waals surface area (Å²) in [5.41, 5.74) is 11.4. The highest BCUT2D eigenvalue weighted by atomic mass is 19.1. The van der Waals surface area contributed by atoms with E-state index in [0.29, 0.717) is 5.56 Å². The number of halogens is 1. The molecule has 5 nitrogen and oxygen atoms in total. The molecule has 0 aromatic heterocycles. The first-order valence-corrected chi connectivity index (χ1v) is 5.73. The molecular weight excluding hydrogens is 261 g/mol. The third-order valence-corrected chi connectivity index (χ3v) is 2.67. The van der Waals surface area contributed by atoms with Gasteiger partial charge in [-0.1, -0.05) is 0 Å². The summed E-state index contributed by atoms with van der Waals surface area (Å²) in [5.74, 6) is -1.70. The van der Waals surface area contributed by atoms with E-state index in [1.165, 1.54) is 36.4 Å². The van der Waals surface area contributed by atoms with E-state index in [4.69, 9.17) is 11.5 Å². The molecule has 0 unspecified atom stereocenters. The zero-order valence-corrected chi connectivity index (χ0v) is 10.4. The number of hydrogen-bond donors (Lipinski definition) is 3. The van der Waals surface area contributed by atoms with Gasteiger partial charge in [0.2, 0.25) is 5.91 Å². The number of carbonyl (C=O) groups excluding carboxylic acids is 2. The van der Waals surface area contributed by atoms with Crippen LogP contribution in [0.5, 0.6) is 0 Å². The Balaban J connectivity index is 2.17. The molecule has 0 atom stereocenters. The third kappa shape index (κ3) is 2.92. The highest BCUT2D eigenvalue weighted by Crippen LogP contribution is 2.18. The normalized spacial score (nSPS) is 10.1. The van der Waals surface area contributed by atoms with Crippen molar-refractivity contribution in [2.24, 2.45) is 5.73 Å². The number of anilines is 2. The molecular formula is C14H12FN3O2. The number of carbonyl (C=O) groups is 2. The maximum absolute atomic E-state index is 13.5. The summed E-state index contributed by atoms with van der Waals surface area (Å²) in [7, 11) is 0. The summed E-state index contributed by atoms with van der Waals surface area (Å²) in [6, 6.07) is 9.70. The van der Waals surface area contributed by atoms with Gasteiger partial charge < -0.3 is 16.8 Å². The van der Waals surface area contributed by atoms with Gasteiger partial charge in [0.25, 0.3) is 5.91 Å². The van der Waals surface area contributed by atoms with Crippen molar-refractivity contribution < 1.29 is 14.0 Å². The number of primary amides is 1. The molecule has 0 aliphatic rings. The molecule has 6 heteroatoms. The quantitative estimate of drug-likeness (QED) is 0.743. The number of benzene rings is 2. The number of nitrogens with two attached hydrogens (primary N) is 2. The molecule has 0 aliphatic heterocycles. The number of rotatable bonds is 3. The summed E-state index contributed by atoms with van der Waals surface area (Å²) in [4.78, 5) is 22.8. The SMILES string of the molecule is NC(=O)c1ccc(C(=O)Nc2ccc(N)cc2F)cc1. The minimum absolute atomic E-state index is 0.0307. The van der Waals surface area contributed by atoms with Crippen LogP contribution in [0.15, 0.2) is 42.5 Å². The molecule has 102 valence electrons. The van der Waals surface area contributed by atoms with Gasteiger partial charge in [0.15, 0.2) is 0 Å². The zero-order valence-electron chi connectivity index (χ0n) is 10.4. The van der Waals surface area contributed by atoms with Crippen LogP contribution in [0.2, 0.25) is 0 Å². The molecule has 2 aromatic rings. The van der Waals surface area contributed by atoms with E-state index < -0.39 is 17.6 Å². The van der Waals surface area contributed by atoms with Crippen LogP contribution in [-0.4, -0.2) is 11.8 Å². The van der Waals surface area contributed by atoms with Crippen molar-refractivity contribution in [3.05, 3.63) is 59.4 Å². The fourth-order valence-corrected chi connectivity index (χ4v) is 1.61. The van der Waals surface area contributed by atoms with Crippen LogP contribution >= 0.6 is 0 Å². The Morgan fingerprint density at radius 3 is 2.15 bits per heavy atom. The Kier molecular flexibility index (Phi) is 3.65. The molecule has 20 heavy (non-hydrogen) atoms. The van der Waals surface area contributed by atoms with Crippen LogP contribution in [0.4, 0.5) is 15.8 Å². The zero-order chi connectivity index (χ0) is 14.7. The summed E-state index contributed by atoms with van der Waals surface area (Å²) in [6.07, 6.45) is 0. The first-order chi connectivity index (χ1) is 9.47. The monoisotopic (exact) mass is 273 g/mol. The van der Waals surface area contributed by atoms with Gasteiger partial charge in [-0.15, -0.1) is 0 Å². The van der Waals surface area contributed by atoms with E-state index in [1.54, 1.807) is 0 Å². The highest BCUT2D eigenvalue weighted by molar-refractivity contribution is 6.05. The number of nitrogens with one attached hydrogen (secondary N) is 1. The predicted molar refractivity (Wildman–Crippen MR) is 73.7 cm³/mol. The smallest absolute Gasteiger partial charge is 0.255 e. The van der Waals surface area contributed by atoms with E-state index in [2.05, 4.69) is 5.32 Å². The van der Waals surface area contributed by atoms with E-state index in [1.807, 2.05) is 0 Å². The van der Waals surface area contributed by atoms with Gasteiger partial charge >= 0.3 is 0 Å². The fourth-order valence-electron chi connectivity index (χ4n) is 1.61. The molecule has 0 spiro atoms. The highest BCUT2D eigenvalue weighted by Gasteiger charge is 2.10. The van der Waals surface area contributed by atoms with Crippen LogP contribution in [0.3, 0.4) is 0 Å². The lowest BCUT2D eigenvalue weighted by Crippen LogP contribution is -2.14. The Hall–Kier alpha value is -2.89. The Morgan fingerprint density at radius 1 is 1.00 bits per heavy atom. The van der Waals surface area contributed by atoms with Gasteiger partial charge in [0.1, 0.15) is 5.82 Å². The average molecular weight is 273 g/mol. The first kappa shape index (κ1) is 13.5. The van der Waals surface area contributed by atoms with Crippen molar-refractivity contribution in [1.82, 2.24) is 0 Å². The van der Waals surface area contributed by atoms with E-state index in [-0.39, 0.29) is 16.9 Å². The molecule has 2 amide bonds. The predicted octanol–water partition coefficient (Wildman–Crippen LogP) is 1.76. The fraction of sp³-hybridized carbons (Fsp3) is 0. The summed E-state index contributed by atoms with van der Waals surface area (Å²) in [5, 5.41) is 2.42. The Morgan fingerprint density at radius 2 is 1.60 bits per heavy atom. The minimum atomic E-state index is -0.618. The Labute approximate surface area is 114 Å². The van der Waals surface area contributed by atoms with Crippen molar-refractivity contribution in [3.8, 4) is 0 Å². The number of amides is 2. The van der Waals surface area contributed by atoms with Crippen molar-refractivity contribution in [2.75, 3.05) is 11.1 Å². The van der Waals surface area contributed by atoms with Crippen LogP contribution in [0.1, 0.15) is 20.7 Å². The minimum Gasteiger partial charge on any atom is -0.399 e. The van der Waals surface area contributed by atoms with E-state index in [9.17, 15) is 14.0 Å². The van der Waals surface area contributed by atoms with Gasteiger partial charge in [-0.2, -0.15) is 0 Å². The van der Waals surface area contributed by atoms with Gasteiger partial charge in [-0.25, -0.2) is 4.39 Å². The van der Waals surface area contributed by atoms with Crippen LogP contribution in [0.25, 0.3) is 0 Å². The molecule has 0 bridgehead atoms. The lowest BCUT2D eigenvalue weighted by molar-refractivity contribution is 0.0995. The molecule has 0 heterocycles. The lowest BCUT2D eigenvalue weighted by atomic mass is 10.1. The second-order valence-corrected chi connectivity index (χ2v) is 4.14. The molecule has 0 saturated heterocycles. The summed E-state index contributed by atoms with van der Waals surface area (Å²) >= 11 is 0. The largest absolute Gasteiger partial charge is 0.399 e. The lowest BCUT2D eigenvalue weighted by Gasteiger charge is -2.07. The maximum atomic E-state index is 13.5. The number of hydrogen-bond acceptors (Lipinski definition) is 3. The van der Waals surface area contributed by atoms with Gasteiger partial charge in [-0.3, -0.25) is 9.59 Å². The van der Waals surface area contributed by atoms with Crippen molar-refractivity contribution >= 4 is 23.2 Å². The summed E-state index contributed by atoms with van der Waals surface area (Å²) in [6.45, 7) is 0. The molecule has 2 aromatic carbocycles. The average Bonchev–Trinajstić information content (AvgIpc) is 2.42. The second kappa shape index (κ2) is 5.40. The van der Waals surface area contributed by atoms with Crippen molar-refractivity contribution in [3.63, 3.8) is 0 Å². The molecule has 0 aliphatic carbocycles. The van der Waals surface area contributed by atoms with Gasteiger partial charge in [0, 0.05) is 16.8 Å². The first-order valence-electron chi connectivity index (χ1n) is 5.73. The summed E-state index contributed by atoms with van der Waals surface area (Å²) < 4.78 is 13.5. The van der Waals surface area contributed by atoms with Crippen molar-refractivity contribution in [1.29, 1.82) is 0 Å². The molecule has 5 N–H and O–H groups in total. The second-order valence-electron chi connectivity index (χ2n) is 4.14. The van der Waals surface area contributed by atoms with Crippen LogP contribution in [0, 0.1) is 5.82 Å².